The number of nitrogens with zero attached hydrogens (tertiary/aromatic N) is 2. The van der Waals surface area contributed by atoms with E-state index in [2.05, 4.69) is 10.5 Å². The standard InChI is InChI=1S/C13H19N3O4/c1-9-6-10(20-15-9)7-14-12(18)8-16-5-3-2-4-11(17)13(16)19/h6,11,17H,2-5,7-8H2,1H3,(H,14,18). The predicted octanol–water partition coefficient (Wildman–Crippen LogP) is -0.0274. The van der Waals surface area contributed by atoms with E-state index in [1.165, 1.54) is 4.90 Å². The second kappa shape index (κ2) is 6.51. The van der Waals surface area contributed by atoms with Crippen LogP contribution in [-0.2, 0) is 16.1 Å². The Hall–Kier alpha value is -1.89. The van der Waals surface area contributed by atoms with E-state index in [1.54, 1.807) is 13.0 Å². The van der Waals surface area contributed by atoms with Crippen molar-refractivity contribution < 1.29 is 19.2 Å². The van der Waals surface area contributed by atoms with Crippen molar-refractivity contribution in [2.45, 2.75) is 38.8 Å². The highest BCUT2D eigenvalue weighted by Gasteiger charge is 2.26. The van der Waals surface area contributed by atoms with Crippen LogP contribution >= 0.6 is 0 Å². The fraction of sp³-hybridized carbons (Fsp3) is 0.615. The Bertz CT molecular complexity index is 486. The number of carbonyl (C=O) groups excluding carboxylic acids is 2. The normalized spacial score (nSPS) is 19.8. The number of rotatable bonds is 4. The quantitative estimate of drug-likeness (QED) is 0.808. The highest BCUT2D eigenvalue weighted by atomic mass is 16.5. The van der Waals surface area contributed by atoms with Gasteiger partial charge in [-0.25, -0.2) is 0 Å². The molecule has 2 heterocycles. The summed E-state index contributed by atoms with van der Waals surface area (Å²) in [6, 6.07) is 1.74. The lowest BCUT2D eigenvalue weighted by molar-refractivity contribution is -0.142. The fourth-order valence-electron chi connectivity index (χ4n) is 2.16. The molecule has 0 spiro atoms. The molecule has 110 valence electrons. The van der Waals surface area contributed by atoms with Crippen molar-refractivity contribution in [2.24, 2.45) is 0 Å². The van der Waals surface area contributed by atoms with Crippen molar-refractivity contribution in [3.63, 3.8) is 0 Å². The van der Waals surface area contributed by atoms with E-state index in [-0.39, 0.29) is 24.9 Å². The van der Waals surface area contributed by atoms with Crippen molar-refractivity contribution in [2.75, 3.05) is 13.1 Å². The number of aryl methyl sites for hydroxylation is 1. The Kier molecular flexibility index (Phi) is 4.73. The maximum Gasteiger partial charge on any atom is 0.251 e. The Balaban J connectivity index is 1.82. The molecule has 0 saturated carbocycles. The summed E-state index contributed by atoms with van der Waals surface area (Å²) in [5.41, 5.74) is 0.750. The van der Waals surface area contributed by atoms with Gasteiger partial charge in [-0.3, -0.25) is 9.59 Å². The smallest absolute Gasteiger partial charge is 0.251 e. The second-order valence-corrected chi connectivity index (χ2v) is 4.98. The molecule has 0 bridgehead atoms. The molecule has 1 saturated heterocycles. The molecule has 7 nitrogen and oxygen atoms in total. The molecule has 1 aliphatic rings. The van der Waals surface area contributed by atoms with Crippen molar-refractivity contribution >= 4 is 11.8 Å². The third kappa shape index (κ3) is 3.80. The first kappa shape index (κ1) is 14.5. The minimum atomic E-state index is -0.984. The van der Waals surface area contributed by atoms with Gasteiger partial charge in [-0.1, -0.05) is 5.16 Å². The van der Waals surface area contributed by atoms with E-state index in [0.717, 1.165) is 18.5 Å². The SMILES string of the molecule is Cc1cc(CNC(=O)CN2CCCCC(O)C2=O)on1. The van der Waals surface area contributed by atoms with Crippen LogP contribution in [0.1, 0.15) is 30.7 Å². The average molecular weight is 281 g/mol. The van der Waals surface area contributed by atoms with Gasteiger partial charge in [-0.05, 0) is 26.2 Å². The number of aromatic nitrogens is 1. The molecule has 1 fully saturated rings. The van der Waals surface area contributed by atoms with Gasteiger partial charge in [-0.2, -0.15) is 0 Å². The lowest BCUT2D eigenvalue weighted by Crippen LogP contribution is -2.44. The Morgan fingerprint density at radius 2 is 2.40 bits per heavy atom. The topological polar surface area (TPSA) is 95.7 Å². The van der Waals surface area contributed by atoms with Crippen molar-refractivity contribution in [3.05, 3.63) is 17.5 Å². The lowest BCUT2D eigenvalue weighted by atomic mass is 10.2. The molecule has 1 aromatic heterocycles. The Labute approximate surface area is 116 Å². The molecular weight excluding hydrogens is 262 g/mol. The van der Waals surface area contributed by atoms with Crippen LogP contribution in [-0.4, -0.2) is 46.2 Å². The van der Waals surface area contributed by atoms with E-state index in [1.807, 2.05) is 0 Å². The van der Waals surface area contributed by atoms with Gasteiger partial charge in [0.2, 0.25) is 5.91 Å². The fourth-order valence-corrected chi connectivity index (χ4v) is 2.16. The molecule has 1 aliphatic heterocycles. The zero-order chi connectivity index (χ0) is 14.5. The molecule has 2 rings (SSSR count). The maximum atomic E-state index is 11.8. The first-order valence-corrected chi connectivity index (χ1v) is 6.72. The number of aliphatic hydroxyl groups excluding tert-OH is 1. The second-order valence-electron chi connectivity index (χ2n) is 4.98. The van der Waals surface area contributed by atoms with Crippen LogP contribution in [0.25, 0.3) is 0 Å². The van der Waals surface area contributed by atoms with Gasteiger partial charge < -0.3 is 19.8 Å². The number of hydrogen-bond donors (Lipinski definition) is 2. The van der Waals surface area contributed by atoms with Crippen molar-refractivity contribution in [1.82, 2.24) is 15.4 Å². The van der Waals surface area contributed by atoms with Crippen LogP contribution in [0.15, 0.2) is 10.6 Å². The van der Waals surface area contributed by atoms with E-state index in [0.29, 0.717) is 18.7 Å². The van der Waals surface area contributed by atoms with Crippen LogP contribution in [0.2, 0.25) is 0 Å². The third-order valence-electron chi connectivity index (χ3n) is 3.22. The maximum absolute atomic E-state index is 11.8. The molecule has 7 heteroatoms. The Morgan fingerprint density at radius 1 is 1.60 bits per heavy atom. The summed E-state index contributed by atoms with van der Waals surface area (Å²) >= 11 is 0. The predicted molar refractivity (Wildman–Crippen MR) is 69.5 cm³/mol. The van der Waals surface area contributed by atoms with Crippen LogP contribution < -0.4 is 5.32 Å². The molecule has 2 amide bonds. The van der Waals surface area contributed by atoms with Crippen molar-refractivity contribution in [3.8, 4) is 0 Å². The van der Waals surface area contributed by atoms with E-state index >= 15 is 0 Å². The van der Waals surface area contributed by atoms with E-state index < -0.39 is 6.10 Å². The number of hydrogen-bond acceptors (Lipinski definition) is 5. The van der Waals surface area contributed by atoms with Gasteiger partial charge >= 0.3 is 0 Å². The number of nitrogens with one attached hydrogen (secondary N) is 1. The zero-order valence-electron chi connectivity index (χ0n) is 11.5. The molecule has 1 atom stereocenters. The molecule has 20 heavy (non-hydrogen) atoms. The molecular formula is C13H19N3O4. The molecule has 0 aliphatic carbocycles. The number of likely N-dealkylation sites (tertiary alicyclic amines) is 1. The lowest BCUT2D eigenvalue weighted by Gasteiger charge is -2.21. The summed E-state index contributed by atoms with van der Waals surface area (Å²) in [7, 11) is 0. The van der Waals surface area contributed by atoms with Crippen LogP contribution in [0.3, 0.4) is 0 Å². The van der Waals surface area contributed by atoms with E-state index in [9.17, 15) is 14.7 Å². The summed E-state index contributed by atoms with van der Waals surface area (Å²) in [6.07, 6.45) is 1.08. The summed E-state index contributed by atoms with van der Waals surface area (Å²) in [5.74, 6) is -0.0762. The van der Waals surface area contributed by atoms with Gasteiger partial charge in [0.15, 0.2) is 5.76 Å². The van der Waals surface area contributed by atoms with Crippen LogP contribution in [0.5, 0.6) is 0 Å². The minimum absolute atomic E-state index is 0.0387. The largest absolute Gasteiger partial charge is 0.383 e. The molecule has 0 aromatic carbocycles. The molecule has 2 N–H and O–H groups in total. The highest BCUT2D eigenvalue weighted by Crippen LogP contribution is 2.11. The third-order valence-corrected chi connectivity index (χ3v) is 3.22. The van der Waals surface area contributed by atoms with Gasteiger partial charge in [-0.15, -0.1) is 0 Å². The van der Waals surface area contributed by atoms with Crippen LogP contribution in [0, 0.1) is 6.92 Å². The Morgan fingerprint density at radius 3 is 3.10 bits per heavy atom. The first-order valence-electron chi connectivity index (χ1n) is 6.72. The highest BCUT2D eigenvalue weighted by molar-refractivity contribution is 5.87. The molecule has 1 aromatic rings. The monoisotopic (exact) mass is 281 g/mol. The van der Waals surface area contributed by atoms with Crippen LogP contribution in [0.4, 0.5) is 0 Å². The molecule has 1 unspecified atom stereocenters. The number of aliphatic hydroxyl groups is 1. The average Bonchev–Trinajstić information content (AvgIpc) is 2.77. The number of carbonyl (C=O) groups is 2. The summed E-state index contributed by atoms with van der Waals surface area (Å²) < 4.78 is 4.98. The zero-order valence-corrected chi connectivity index (χ0v) is 11.5. The van der Waals surface area contributed by atoms with Gasteiger partial charge in [0.25, 0.3) is 5.91 Å². The number of amides is 2. The van der Waals surface area contributed by atoms with Crippen molar-refractivity contribution in [1.29, 1.82) is 0 Å². The summed E-state index contributed by atoms with van der Waals surface area (Å²) in [6.45, 7) is 2.50. The molecule has 0 radical (unpaired) electrons. The van der Waals surface area contributed by atoms with Gasteiger partial charge in [0.1, 0.15) is 6.10 Å². The van der Waals surface area contributed by atoms with Gasteiger partial charge in [0, 0.05) is 12.6 Å². The van der Waals surface area contributed by atoms with Gasteiger partial charge in [0.05, 0.1) is 18.8 Å². The van der Waals surface area contributed by atoms with E-state index in [4.69, 9.17) is 4.52 Å². The minimum Gasteiger partial charge on any atom is -0.383 e. The summed E-state index contributed by atoms with van der Waals surface area (Å²) in [4.78, 5) is 25.0. The summed E-state index contributed by atoms with van der Waals surface area (Å²) in [5, 5.41) is 16.0. The first-order chi connectivity index (χ1) is 9.56.